The summed E-state index contributed by atoms with van der Waals surface area (Å²) in [6.45, 7) is 5.09. The van der Waals surface area contributed by atoms with Crippen molar-refractivity contribution in [3.8, 4) is 5.75 Å². The molecule has 130 valence electrons. The van der Waals surface area contributed by atoms with E-state index in [2.05, 4.69) is 10.4 Å². The van der Waals surface area contributed by atoms with Crippen LogP contribution in [0.25, 0.3) is 0 Å². The third-order valence-corrected chi connectivity index (χ3v) is 5.03. The average molecular weight is 376 g/mol. The zero-order valence-corrected chi connectivity index (χ0v) is 15.5. The van der Waals surface area contributed by atoms with Crippen LogP contribution in [0.4, 0.5) is 5.69 Å². The number of aromatic nitrogens is 2. The second-order valence-electron chi connectivity index (χ2n) is 5.56. The Balaban J connectivity index is 1.59. The fourth-order valence-electron chi connectivity index (χ4n) is 2.24. The molecule has 7 heteroatoms. The second-order valence-corrected chi connectivity index (χ2v) is 6.88. The monoisotopic (exact) mass is 375 g/mol. The predicted molar refractivity (Wildman–Crippen MR) is 101 cm³/mol. The summed E-state index contributed by atoms with van der Waals surface area (Å²) in [5.41, 5.74) is 2.61. The number of rotatable bonds is 6. The molecule has 0 aliphatic rings. The molecule has 1 aromatic carbocycles. The first-order valence-corrected chi connectivity index (χ1v) is 9.11. The highest BCUT2D eigenvalue weighted by atomic mass is 35.5. The summed E-state index contributed by atoms with van der Waals surface area (Å²) in [4.78, 5) is 12.9. The third kappa shape index (κ3) is 4.41. The highest BCUT2D eigenvalue weighted by molar-refractivity contribution is 7.12. The molecular formula is C18H18ClN3O2S. The number of thiophene rings is 1. The van der Waals surface area contributed by atoms with Gasteiger partial charge in [-0.1, -0.05) is 11.6 Å². The fourth-order valence-corrected chi connectivity index (χ4v) is 3.15. The van der Waals surface area contributed by atoms with Crippen molar-refractivity contribution in [3.63, 3.8) is 0 Å². The van der Waals surface area contributed by atoms with Crippen LogP contribution in [0.2, 0.25) is 5.02 Å². The summed E-state index contributed by atoms with van der Waals surface area (Å²) in [5, 5.41) is 9.62. The molecule has 3 rings (SSSR count). The minimum Gasteiger partial charge on any atom is -0.489 e. The van der Waals surface area contributed by atoms with Gasteiger partial charge in [-0.15, -0.1) is 11.3 Å². The van der Waals surface area contributed by atoms with E-state index < -0.39 is 0 Å². The van der Waals surface area contributed by atoms with Gasteiger partial charge in [0.25, 0.3) is 5.91 Å². The average Bonchev–Trinajstić information content (AvgIpc) is 3.25. The first-order valence-electron chi connectivity index (χ1n) is 7.85. The van der Waals surface area contributed by atoms with Crippen molar-refractivity contribution in [1.29, 1.82) is 0 Å². The van der Waals surface area contributed by atoms with Crippen molar-refractivity contribution < 1.29 is 9.53 Å². The molecule has 0 bridgehead atoms. The number of carbonyl (C=O) groups is 1. The van der Waals surface area contributed by atoms with Crippen molar-refractivity contribution in [2.45, 2.75) is 27.0 Å². The molecule has 0 aliphatic carbocycles. The van der Waals surface area contributed by atoms with Crippen LogP contribution in [0.5, 0.6) is 5.75 Å². The maximum Gasteiger partial charge on any atom is 0.265 e. The van der Waals surface area contributed by atoms with Crippen LogP contribution in [0.1, 0.15) is 27.7 Å². The molecule has 0 fully saturated rings. The second kappa shape index (κ2) is 7.72. The zero-order valence-electron chi connectivity index (χ0n) is 14.0. The largest absolute Gasteiger partial charge is 0.489 e. The molecule has 0 unspecified atom stereocenters. The lowest BCUT2D eigenvalue weighted by Gasteiger charge is -2.06. The maximum absolute atomic E-state index is 12.3. The van der Waals surface area contributed by atoms with E-state index in [4.69, 9.17) is 16.3 Å². The number of hydrogen-bond acceptors (Lipinski definition) is 4. The van der Waals surface area contributed by atoms with E-state index in [0.717, 1.165) is 23.4 Å². The van der Waals surface area contributed by atoms with E-state index in [1.54, 1.807) is 17.1 Å². The maximum atomic E-state index is 12.3. The van der Waals surface area contributed by atoms with Crippen LogP contribution < -0.4 is 10.1 Å². The van der Waals surface area contributed by atoms with E-state index in [0.29, 0.717) is 22.2 Å². The van der Waals surface area contributed by atoms with E-state index in [1.807, 2.05) is 43.5 Å². The van der Waals surface area contributed by atoms with Crippen LogP contribution in [-0.2, 0) is 13.2 Å². The number of ether oxygens (including phenoxy) is 1. The number of halogens is 1. The number of nitrogens with zero attached hydrogens (tertiary/aromatic N) is 2. The van der Waals surface area contributed by atoms with Gasteiger partial charge in [-0.3, -0.25) is 9.48 Å². The van der Waals surface area contributed by atoms with Crippen LogP contribution in [0, 0.1) is 6.92 Å². The van der Waals surface area contributed by atoms with Crippen molar-refractivity contribution >= 4 is 34.5 Å². The Morgan fingerprint density at radius 3 is 2.96 bits per heavy atom. The molecule has 0 saturated heterocycles. The smallest absolute Gasteiger partial charge is 0.265 e. The van der Waals surface area contributed by atoms with Gasteiger partial charge in [0.2, 0.25) is 0 Å². The first-order chi connectivity index (χ1) is 12.0. The van der Waals surface area contributed by atoms with Crippen molar-refractivity contribution in [3.05, 3.63) is 63.1 Å². The summed E-state index contributed by atoms with van der Waals surface area (Å²) < 4.78 is 7.52. The first kappa shape index (κ1) is 17.5. The Morgan fingerprint density at radius 2 is 2.24 bits per heavy atom. The SMILES string of the molecule is CCn1cc(NC(=O)c2cc(COc3ccc(Cl)c(C)c3)cs2)cn1. The lowest BCUT2D eigenvalue weighted by Crippen LogP contribution is -2.09. The van der Waals surface area contributed by atoms with Gasteiger partial charge in [-0.25, -0.2) is 0 Å². The summed E-state index contributed by atoms with van der Waals surface area (Å²) in [6.07, 6.45) is 3.44. The molecule has 0 saturated carbocycles. The Bertz CT molecular complexity index is 888. The molecule has 25 heavy (non-hydrogen) atoms. The van der Waals surface area contributed by atoms with Gasteiger partial charge < -0.3 is 10.1 Å². The molecule has 0 atom stereocenters. The third-order valence-electron chi connectivity index (χ3n) is 3.63. The summed E-state index contributed by atoms with van der Waals surface area (Å²) in [5.74, 6) is 0.611. The van der Waals surface area contributed by atoms with E-state index in [9.17, 15) is 4.79 Å². The molecule has 0 spiro atoms. The fraction of sp³-hybridized carbons (Fsp3) is 0.222. The zero-order chi connectivity index (χ0) is 17.8. The highest BCUT2D eigenvalue weighted by Gasteiger charge is 2.11. The van der Waals surface area contributed by atoms with Gasteiger partial charge in [0.15, 0.2) is 0 Å². The summed E-state index contributed by atoms with van der Waals surface area (Å²) in [7, 11) is 0. The number of hydrogen-bond donors (Lipinski definition) is 1. The van der Waals surface area contributed by atoms with Gasteiger partial charge in [-0.05, 0) is 49.1 Å². The van der Waals surface area contributed by atoms with E-state index >= 15 is 0 Å². The minimum atomic E-state index is -0.144. The minimum absolute atomic E-state index is 0.144. The topological polar surface area (TPSA) is 56.2 Å². The standard InChI is InChI=1S/C18H18ClN3O2S/c1-3-22-9-14(8-20-22)21-18(23)17-7-13(11-25-17)10-24-15-4-5-16(19)12(2)6-15/h4-9,11H,3,10H2,1-2H3,(H,21,23). The van der Waals surface area contributed by atoms with Gasteiger partial charge in [0.05, 0.1) is 16.8 Å². The number of carbonyl (C=O) groups excluding carboxylic acids is 1. The van der Waals surface area contributed by atoms with Gasteiger partial charge in [0, 0.05) is 23.3 Å². The van der Waals surface area contributed by atoms with Crippen molar-refractivity contribution in [2.75, 3.05) is 5.32 Å². The number of nitrogens with one attached hydrogen (secondary N) is 1. The molecule has 1 N–H and O–H groups in total. The molecule has 2 heterocycles. The molecule has 2 aromatic heterocycles. The lowest BCUT2D eigenvalue weighted by molar-refractivity contribution is 0.103. The van der Waals surface area contributed by atoms with Gasteiger partial charge >= 0.3 is 0 Å². The summed E-state index contributed by atoms with van der Waals surface area (Å²) in [6, 6.07) is 7.39. The molecular weight excluding hydrogens is 358 g/mol. The Kier molecular flexibility index (Phi) is 5.40. The Morgan fingerprint density at radius 1 is 1.40 bits per heavy atom. The molecule has 0 aliphatic heterocycles. The number of amides is 1. The highest BCUT2D eigenvalue weighted by Crippen LogP contribution is 2.23. The van der Waals surface area contributed by atoms with Crippen LogP contribution in [0.15, 0.2) is 42.0 Å². The molecule has 1 amide bonds. The normalized spacial score (nSPS) is 10.7. The van der Waals surface area contributed by atoms with Crippen LogP contribution >= 0.6 is 22.9 Å². The molecule has 3 aromatic rings. The number of benzene rings is 1. The quantitative estimate of drug-likeness (QED) is 0.675. The summed E-state index contributed by atoms with van der Waals surface area (Å²) >= 11 is 7.40. The molecule has 5 nitrogen and oxygen atoms in total. The molecule has 0 radical (unpaired) electrons. The van der Waals surface area contributed by atoms with Gasteiger partial charge in [0.1, 0.15) is 12.4 Å². The number of aryl methyl sites for hydroxylation is 2. The Labute approximate surface area is 155 Å². The van der Waals surface area contributed by atoms with Crippen molar-refractivity contribution in [1.82, 2.24) is 9.78 Å². The number of anilines is 1. The van der Waals surface area contributed by atoms with E-state index in [-0.39, 0.29) is 5.91 Å². The predicted octanol–water partition coefficient (Wildman–Crippen LogP) is 4.76. The van der Waals surface area contributed by atoms with Gasteiger partial charge in [-0.2, -0.15) is 5.10 Å². The lowest BCUT2D eigenvalue weighted by atomic mass is 10.2. The van der Waals surface area contributed by atoms with E-state index in [1.165, 1.54) is 11.3 Å². The van der Waals surface area contributed by atoms with Crippen molar-refractivity contribution in [2.24, 2.45) is 0 Å². The van der Waals surface area contributed by atoms with Crippen LogP contribution in [0.3, 0.4) is 0 Å². The van der Waals surface area contributed by atoms with Crippen LogP contribution in [-0.4, -0.2) is 15.7 Å². The Hall–Kier alpha value is -2.31.